The molecule has 0 bridgehead atoms. The summed E-state index contributed by atoms with van der Waals surface area (Å²) in [7, 11) is 0. The van der Waals surface area contributed by atoms with Crippen LogP contribution >= 0.6 is 0 Å². The zero-order valence-corrected chi connectivity index (χ0v) is 10.7. The van der Waals surface area contributed by atoms with Gasteiger partial charge < -0.3 is 4.74 Å². The van der Waals surface area contributed by atoms with Crippen molar-refractivity contribution in [2.75, 3.05) is 4.72 Å². The first-order valence-electron chi connectivity index (χ1n) is 4.99. The van der Waals surface area contributed by atoms with E-state index in [1.54, 1.807) is 39.0 Å². The van der Waals surface area contributed by atoms with Crippen LogP contribution in [-0.2, 0) is 16.0 Å². The average Bonchev–Trinajstić information content (AvgIpc) is 2.14. The van der Waals surface area contributed by atoms with E-state index in [0.29, 0.717) is 11.3 Å². The van der Waals surface area contributed by atoms with Gasteiger partial charge in [-0.2, -0.15) is 0 Å². The molecule has 2 N–H and O–H groups in total. The largest absolute Gasteiger partial charge is 0.456 e. The molecule has 1 aromatic rings. The molecule has 6 heteroatoms. The Bertz CT molecular complexity index is 439. The summed E-state index contributed by atoms with van der Waals surface area (Å²) in [6, 6.07) is 6.23. The highest BCUT2D eigenvalue weighted by Gasteiger charge is 2.17. The van der Waals surface area contributed by atoms with Crippen molar-refractivity contribution < 1.29 is 18.3 Å². The summed E-state index contributed by atoms with van der Waals surface area (Å²) in [4.78, 5) is 11.7. The van der Waals surface area contributed by atoms with E-state index in [0.717, 1.165) is 0 Å². The number of benzene rings is 1. The number of carbonyl (C=O) groups excluding carboxylic acids is 1. The molecule has 1 atom stereocenters. The summed E-state index contributed by atoms with van der Waals surface area (Å²) >= 11 is -2.16. The van der Waals surface area contributed by atoms with Crippen molar-refractivity contribution >= 4 is 22.9 Å². The summed E-state index contributed by atoms with van der Waals surface area (Å²) in [5.41, 5.74) is 0.143. The molecule has 94 valence electrons. The lowest BCUT2D eigenvalue weighted by Gasteiger charge is -2.19. The van der Waals surface area contributed by atoms with Gasteiger partial charge in [0, 0.05) is 5.69 Å². The van der Waals surface area contributed by atoms with Crippen molar-refractivity contribution in [3.05, 3.63) is 29.8 Å². The van der Waals surface area contributed by atoms with Crippen LogP contribution in [0.25, 0.3) is 0 Å². The Labute approximate surface area is 103 Å². The Hall–Kier alpha value is -1.40. The Morgan fingerprint density at radius 3 is 2.59 bits per heavy atom. The maximum Gasteiger partial charge on any atom is 0.338 e. The van der Waals surface area contributed by atoms with E-state index in [1.165, 1.54) is 6.07 Å². The Balaban J connectivity index is 2.84. The molecule has 5 nitrogen and oxygen atoms in total. The molecule has 0 heterocycles. The summed E-state index contributed by atoms with van der Waals surface area (Å²) in [6.07, 6.45) is 0. The standard InChI is InChI=1S/C11H15NO4S/c1-11(2,3)16-10(13)8-5-4-6-9(7-8)12-17(14)15/h4-7,12H,1-3H3,(H,14,15). The minimum Gasteiger partial charge on any atom is -0.456 e. The van der Waals surface area contributed by atoms with E-state index in [-0.39, 0.29) is 0 Å². The number of anilines is 1. The number of ether oxygens (including phenoxy) is 1. The molecule has 0 aliphatic carbocycles. The van der Waals surface area contributed by atoms with E-state index in [2.05, 4.69) is 4.72 Å². The fourth-order valence-corrected chi connectivity index (χ4v) is 1.48. The maximum absolute atomic E-state index is 11.7. The van der Waals surface area contributed by atoms with Crippen LogP contribution in [0.3, 0.4) is 0 Å². The molecular formula is C11H15NO4S. The van der Waals surface area contributed by atoms with E-state index >= 15 is 0 Å². The Morgan fingerprint density at radius 2 is 2.06 bits per heavy atom. The van der Waals surface area contributed by atoms with Gasteiger partial charge in [0.25, 0.3) is 11.3 Å². The van der Waals surface area contributed by atoms with E-state index in [4.69, 9.17) is 9.29 Å². The molecule has 0 radical (unpaired) electrons. The minimum absolute atomic E-state index is 0.329. The zero-order valence-electron chi connectivity index (χ0n) is 9.89. The number of esters is 1. The molecule has 0 amide bonds. The minimum atomic E-state index is -2.16. The van der Waals surface area contributed by atoms with Crippen molar-refractivity contribution in [2.24, 2.45) is 0 Å². The zero-order chi connectivity index (χ0) is 13.1. The van der Waals surface area contributed by atoms with E-state index in [9.17, 15) is 9.00 Å². The normalized spacial score (nSPS) is 12.9. The maximum atomic E-state index is 11.7. The van der Waals surface area contributed by atoms with Gasteiger partial charge in [0.2, 0.25) is 0 Å². The van der Waals surface area contributed by atoms with Gasteiger partial charge in [-0.05, 0) is 39.0 Å². The number of carbonyl (C=O) groups is 1. The quantitative estimate of drug-likeness (QED) is 0.643. The van der Waals surface area contributed by atoms with Crippen LogP contribution in [-0.4, -0.2) is 20.3 Å². The van der Waals surface area contributed by atoms with Crippen LogP contribution in [0.5, 0.6) is 0 Å². The molecule has 0 spiro atoms. The Morgan fingerprint density at radius 1 is 1.41 bits per heavy atom. The molecule has 0 saturated carbocycles. The number of hydrogen-bond donors (Lipinski definition) is 2. The van der Waals surface area contributed by atoms with Crippen molar-refractivity contribution in [1.82, 2.24) is 0 Å². The monoisotopic (exact) mass is 257 g/mol. The van der Waals surface area contributed by atoms with E-state index in [1.807, 2.05) is 0 Å². The average molecular weight is 257 g/mol. The van der Waals surface area contributed by atoms with E-state index < -0.39 is 22.8 Å². The summed E-state index contributed by atoms with van der Waals surface area (Å²) < 4.78 is 26.7. The molecule has 1 unspecified atom stereocenters. The second kappa shape index (κ2) is 5.29. The lowest BCUT2D eigenvalue weighted by molar-refractivity contribution is 0.00696. The molecule has 17 heavy (non-hydrogen) atoms. The van der Waals surface area contributed by atoms with Crippen molar-refractivity contribution in [3.8, 4) is 0 Å². The van der Waals surface area contributed by atoms with Crippen molar-refractivity contribution in [2.45, 2.75) is 26.4 Å². The predicted octanol–water partition coefficient (Wildman–Crippen LogP) is 2.19. The fourth-order valence-electron chi connectivity index (χ4n) is 1.15. The van der Waals surface area contributed by atoms with Crippen LogP contribution < -0.4 is 4.72 Å². The van der Waals surface area contributed by atoms with Crippen LogP contribution in [0.4, 0.5) is 5.69 Å². The van der Waals surface area contributed by atoms with Gasteiger partial charge >= 0.3 is 5.97 Å². The number of hydrogen-bond acceptors (Lipinski definition) is 3. The van der Waals surface area contributed by atoms with Crippen LogP contribution in [0.2, 0.25) is 0 Å². The molecule has 0 aliphatic rings. The third-order valence-electron chi connectivity index (χ3n) is 1.70. The van der Waals surface area contributed by atoms with Gasteiger partial charge in [0.15, 0.2) is 0 Å². The van der Waals surface area contributed by atoms with Crippen molar-refractivity contribution in [3.63, 3.8) is 0 Å². The highest BCUT2D eigenvalue weighted by atomic mass is 32.2. The molecule has 0 saturated heterocycles. The molecule has 0 aliphatic heterocycles. The first-order chi connectivity index (χ1) is 7.78. The number of rotatable bonds is 3. The molecule has 1 rings (SSSR count). The first-order valence-corrected chi connectivity index (χ1v) is 6.09. The summed E-state index contributed by atoms with van der Waals surface area (Å²) in [6.45, 7) is 5.32. The van der Waals surface area contributed by atoms with Gasteiger partial charge in [0.1, 0.15) is 5.60 Å². The predicted molar refractivity (Wildman–Crippen MR) is 66.0 cm³/mol. The third-order valence-corrected chi connectivity index (χ3v) is 2.11. The molecule has 0 aromatic heterocycles. The van der Waals surface area contributed by atoms with Crippen LogP contribution in [0.15, 0.2) is 24.3 Å². The first kappa shape index (κ1) is 13.7. The van der Waals surface area contributed by atoms with Crippen LogP contribution in [0.1, 0.15) is 31.1 Å². The van der Waals surface area contributed by atoms with Gasteiger partial charge in [-0.3, -0.25) is 9.27 Å². The van der Waals surface area contributed by atoms with Gasteiger partial charge in [-0.15, -0.1) is 0 Å². The second-order valence-corrected chi connectivity index (χ2v) is 5.14. The molecule has 0 fully saturated rings. The summed E-state index contributed by atoms with van der Waals surface area (Å²) in [5, 5.41) is 0. The SMILES string of the molecule is CC(C)(C)OC(=O)c1cccc(NS(=O)O)c1. The second-order valence-electron chi connectivity index (χ2n) is 4.43. The molecule has 1 aromatic carbocycles. The van der Waals surface area contributed by atoms with Gasteiger partial charge in [0.05, 0.1) is 5.56 Å². The molecular weight excluding hydrogens is 242 g/mol. The summed E-state index contributed by atoms with van der Waals surface area (Å²) in [5.74, 6) is -0.468. The lowest BCUT2D eigenvalue weighted by Crippen LogP contribution is -2.23. The van der Waals surface area contributed by atoms with Crippen molar-refractivity contribution in [1.29, 1.82) is 0 Å². The highest BCUT2D eigenvalue weighted by molar-refractivity contribution is 7.80. The number of nitrogens with one attached hydrogen (secondary N) is 1. The van der Waals surface area contributed by atoms with Gasteiger partial charge in [-0.25, -0.2) is 9.00 Å². The Kier molecular flexibility index (Phi) is 4.25. The smallest absolute Gasteiger partial charge is 0.338 e. The van der Waals surface area contributed by atoms with Gasteiger partial charge in [-0.1, -0.05) is 6.07 Å². The topological polar surface area (TPSA) is 75.6 Å². The highest BCUT2D eigenvalue weighted by Crippen LogP contribution is 2.15. The lowest BCUT2D eigenvalue weighted by atomic mass is 10.1. The third kappa shape index (κ3) is 4.97. The fraction of sp³-hybridized carbons (Fsp3) is 0.364. The van der Waals surface area contributed by atoms with Crippen LogP contribution in [0, 0.1) is 0 Å².